The van der Waals surface area contributed by atoms with E-state index in [2.05, 4.69) is 21.2 Å². The Morgan fingerprint density at radius 1 is 1.53 bits per heavy atom. The fourth-order valence-corrected chi connectivity index (χ4v) is 5.60. The van der Waals surface area contributed by atoms with Crippen molar-refractivity contribution >= 4 is 49.7 Å². The molecule has 8 heteroatoms. The summed E-state index contributed by atoms with van der Waals surface area (Å²) in [6.07, 6.45) is 2.23. The molecule has 0 bridgehead atoms. The van der Waals surface area contributed by atoms with Crippen LogP contribution in [0, 0.1) is 5.92 Å². The average Bonchev–Trinajstić information content (AvgIpc) is 2.78. The van der Waals surface area contributed by atoms with Gasteiger partial charge in [0, 0.05) is 13.6 Å². The Hall–Kier alpha value is 0.340. The average molecular weight is 390 g/mol. The first kappa shape index (κ1) is 17.4. The summed E-state index contributed by atoms with van der Waals surface area (Å²) in [7, 11) is -1.66. The quantitative estimate of drug-likeness (QED) is 0.861. The predicted molar refractivity (Wildman–Crippen MR) is 84.7 cm³/mol. The van der Waals surface area contributed by atoms with Gasteiger partial charge in [-0.05, 0) is 59.9 Å². The van der Waals surface area contributed by atoms with Gasteiger partial charge in [-0.3, -0.25) is 0 Å². The highest BCUT2D eigenvalue weighted by Crippen LogP contribution is 2.28. The topological polar surface area (TPSA) is 49.4 Å². The molecule has 0 saturated carbocycles. The lowest BCUT2D eigenvalue weighted by Crippen LogP contribution is -2.38. The minimum atomic E-state index is -3.32. The molecule has 1 aliphatic rings. The number of rotatable bonds is 4. The number of thiophene rings is 1. The molecule has 0 amide bonds. The number of halogens is 2. The van der Waals surface area contributed by atoms with E-state index in [1.807, 2.05) is 0 Å². The van der Waals surface area contributed by atoms with Crippen molar-refractivity contribution < 1.29 is 8.42 Å². The molecule has 1 aromatic rings. The zero-order valence-corrected chi connectivity index (χ0v) is 14.7. The number of hydrogen-bond acceptors (Lipinski definition) is 4. The van der Waals surface area contributed by atoms with E-state index in [0.717, 1.165) is 29.7 Å². The first-order valence-corrected chi connectivity index (χ1v) is 8.97. The van der Waals surface area contributed by atoms with Crippen molar-refractivity contribution in [1.82, 2.24) is 9.62 Å². The predicted octanol–water partition coefficient (Wildman–Crippen LogP) is 2.55. The van der Waals surface area contributed by atoms with Gasteiger partial charge in [0.25, 0.3) is 10.0 Å². The number of nitrogens with one attached hydrogen (secondary N) is 1. The summed E-state index contributed by atoms with van der Waals surface area (Å²) in [5.74, 6) is 0.418. The number of piperidine rings is 1. The van der Waals surface area contributed by atoms with Gasteiger partial charge in [0.15, 0.2) is 0 Å². The summed E-state index contributed by atoms with van der Waals surface area (Å²) in [6.45, 7) is 2.55. The van der Waals surface area contributed by atoms with Gasteiger partial charge in [-0.25, -0.2) is 8.42 Å². The molecule has 0 spiro atoms. The Balaban J connectivity index is 0.00000180. The Bertz CT molecular complexity index is 501. The molecule has 4 nitrogen and oxygen atoms in total. The zero-order chi connectivity index (χ0) is 13.2. The summed E-state index contributed by atoms with van der Waals surface area (Å²) in [6, 6.07) is 3.42. The molecule has 2 heterocycles. The maximum absolute atomic E-state index is 12.3. The van der Waals surface area contributed by atoms with Gasteiger partial charge in [0.05, 0.1) is 3.79 Å². The van der Waals surface area contributed by atoms with E-state index in [1.54, 1.807) is 19.2 Å². The first-order valence-electron chi connectivity index (χ1n) is 5.92. The van der Waals surface area contributed by atoms with Gasteiger partial charge in [-0.2, -0.15) is 4.31 Å². The van der Waals surface area contributed by atoms with Gasteiger partial charge < -0.3 is 5.32 Å². The van der Waals surface area contributed by atoms with Gasteiger partial charge >= 0.3 is 0 Å². The SMILES string of the molecule is CN(CC1CCCNC1)S(=O)(=O)c1ccc(Br)s1.Cl. The second-order valence-electron chi connectivity index (χ2n) is 4.56. The Morgan fingerprint density at radius 2 is 2.26 bits per heavy atom. The van der Waals surface area contributed by atoms with Crippen molar-refractivity contribution in [3.63, 3.8) is 0 Å². The van der Waals surface area contributed by atoms with Crippen LogP contribution in [0.5, 0.6) is 0 Å². The highest BCUT2D eigenvalue weighted by molar-refractivity contribution is 9.11. The molecule has 1 unspecified atom stereocenters. The molecular formula is C11H18BrClN2O2S2. The smallest absolute Gasteiger partial charge is 0.252 e. The molecule has 1 saturated heterocycles. The van der Waals surface area contributed by atoms with E-state index < -0.39 is 10.0 Å². The molecule has 0 radical (unpaired) electrons. The monoisotopic (exact) mass is 388 g/mol. The third-order valence-corrected chi connectivity index (χ3v) is 7.04. The fraction of sp³-hybridized carbons (Fsp3) is 0.636. The maximum atomic E-state index is 12.3. The lowest BCUT2D eigenvalue weighted by molar-refractivity contribution is 0.315. The number of nitrogens with zero attached hydrogens (tertiary/aromatic N) is 1. The van der Waals surface area contributed by atoms with E-state index in [9.17, 15) is 8.42 Å². The number of hydrogen-bond donors (Lipinski definition) is 1. The molecule has 1 N–H and O–H groups in total. The molecule has 1 aromatic heterocycles. The zero-order valence-electron chi connectivity index (χ0n) is 10.6. The van der Waals surface area contributed by atoms with Crippen LogP contribution in [-0.4, -0.2) is 39.4 Å². The third-order valence-electron chi connectivity index (χ3n) is 3.13. The summed E-state index contributed by atoms with van der Waals surface area (Å²) in [5, 5.41) is 3.31. The Kier molecular flexibility index (Phi) is 6.75. The lowest BCUT2D eigenvalue weighted by Gasteiger charge is -2.26. The van der Waals surface area contributed by atoms with E-state index in [0.29, 0.717) is 16.7 Å². The van der Waals surface area contributed by atoms with Crippen molar-refractivity contribution in [3.05, 3.63) is 15.9 Å². The highest BCUT2D eigenvalue weighted by atomic mass is 79.9. The van der Waals surface area contributed by atoms with Crippen LogP contribution in [0.4, 0.5) is 0 Å². The molecule has 1 aliphatic heterocycles. The largest absolute Gasteiger partial charge is 0.316 e. The van der Waals surface area contributed by atoms with E-state index in [-0.39, 0.29) is 12.4 Å². The Labute approximate surface area is 133 Å². The minimum Gasteiger partial charge on any atom is -0.316 e. The third kappa shape index (κ3) is 4.41. The molecule has 2 rings (SSSR count). The van der Waals surface area contributed by atoms with Crippen molar-refractivity contribution in [2.24, 2.45) is 5.92 Å². The number of sulfonamides is 1. The van der Waals surface area contributed by atoms with Crippen LogP contribution in [0.3, 0.4) is 0 Å². The molecule has 0 aliphatic carbocycles. The highest BCUT2D eigenvalue weighted by Gasteiger charge is 2.25. The van der Waals surface area contributed by atoms with Crippen LogP contribution in [0.1, 0.15) is 12.8 Å². The van der Waals surface area contributed by atoms with Crippen LogP contribution >= 0.6 is 39.7 Å². The molecule has 110 valence electrons. The Morgan fingerprint density at radius 3 is 2.79 bits per heavy atom. The standard InChI is InChI=1S/C11H17BrN2O2S2.ClH/c1-14(8-9-3-2-6-13-7-9)18(15,16)11-5-4-10(12)17-11;/h4-5,9,13H,2-3,6-8H2,1H3;1H. The van der Waals surface area contributed by atoms with E-state index in [4.69, 9.17) is 0 Å². The molecule has 19 heavy (non-hydrogen) atoms. The van der Waals surface area contributed by atoms with E-state index >= 15 is 0 Å². The van der Waals surface area contributed by atoms with Crippen molar-refractivity contribution in [1.29, 1.82) is 0 Å². The lowest BCUT2D eigenvalue weighted by atomic mass is 10.00. The van der Waals surface area contributed by atoms with Crippen LogP contribution in [0.25, 0.3) is 0 Å². The summed E-state index contributed by atoms with van der Waals surface area (Å²) >= 11 is 4.55. The molecule has 1 atom stereocenters. The van der Waals surface area contributed by atoms with E-state index in [1.165, 1.54) is 15.6 Å². The van der Waals surface area contributed by atoms with Gasteiger partial charge in [0.2, 0.25) is 0 Å². The van der Waals surface area contributed by atoms with Crippen LogP contribution in [0.2, 0.25) is 0 Å². The van der Waals surface area contributed by atoms with Crippen LogP contribution in [0.15, 0.2) is 20.1 Å². The van der Waals surface area contributed by atoms with Crippen molar-refractivity contribution in [2.45, 2.75) is 17.1 Å². The van der Waals surface area contributed by atoms with Crippen LogP contribution in [-0.2, 0) is 10.0 Å². The maximum Gasteiger partial charge on any atom is 0.252 e. The minimum absolute atomic E-state index is 0. The summed E-state index contributed by atoms with van der Waals surface area (Å²) < 4.78 is 27.3. The van der Waals surface area contributed by atoms with Gasteiger partial charge in [-0.1, -0.05) is 0 Å². The molecule has 1 fully saturated rings. The van der Waals surface area contributed by atoms with Crippen molar-refractivity contribution in [3.8, 4) is 0 Å². The van der Waals surface area contributed by atoms with Gasteiger partial charge in [-0.15, -0.1) is 23.7 Å². The molecule has 0 aromatic carbocycles. The van der Waals surface area contributed by atoms with Crippen LogP contribution < -0.4 is 5.32 Å². The second kappa shape index (κ2) is 7.38. The second-order valence-corrected chi connectivity index (χ2v) is 9.29. The first-order chi connectivity index (χ1) is 8.50. The summed E-state index contributed by atoms with van der Waals surface area (Å²) in [4.78, 5) is 0. The van der Waals surface area contributed by atoms with Gasteiger partial charge in [0.1, 0.15) is 4.21 Å². The molecular weight excluding hydrogens is 372 g/mol. The fourth-order valence-electron chi connectivity index (χ4n) is 2.13. The summed E-state index contributed by atoms with van der Waals surface area (Å²) in [5.41, 5.74) is 0. The van der Waals surface area contributed by atoms with Crippen molar-refractivity contribution in [2.75, 3.05) is 26.7 Å². The normalized spacial score (nSPS) is 20.3.